The smallest absolute Gasteiger partial charge is 0.342 e. The van der Waals surface area contributed by atoms with Crippen molar-refractivity contribution >= 4 is 45.2 Å². The van der Waals surface area contributed by atoms with Crippen LogP contribution in [0.1, 0.15) is 107 Å². The van der Waals surface area contributed by atoms with Gasteiger partial charge in [0, 0.05) is 17.4 Å². The fraction of sp³-hybridized carbons (Fsp3) is 0.636. The first-order chi connectivity index (χ1) is 19.2. The Morgan fingerprint density at radius 2 is 1.67 bits per heavy atom. The average molecular weight is 726 g/mol. The Hall–Kier alpha value is -1.44. The van der Waals surface area contributed by atoms with Crippen molar-refractivity contribution in [3.05, 3.63) is 56.8 Å². The topological polar surface area (TPSA) is 70.8 Å². The second-order valence-electron chi connectivity index (χ2n) is 15.1. The highest BCUT2D eigenvalue weighted by molar-refractivity contribution is 14.1. The molecule has 1 aliphatic heterocycles. The molecular formula is C33H52INO5Si2. The number of halogens is 1. The van der Waals surface area contributed by atoms with E-state index in [1.165, 1.54) is 0 Å². The predicted molar refractivity (Wildman–Crippen MR) is 185 cm³/mol. The largest absolute Gasteiger partial charge is 0.543 e. The number of cyclic esters (lactones) is 1. The SMILES string of the molecule is Cc1ccc2c(c1O[Si](C)(C)C(C)(C)C)C(=O)O[C@H]([C@H](C)Cc1coc([C@H](C)C/C=C\I)n1)[C@H]2O[Si](C)(C)C(C)(C)C. The van der Waals surface area contributed by atoms with E-state index in [-0.39, 0.29) is 27.9 Å². The normalized spacial score (nSPS) is 19.9. The summed E-state index contributed by atoms with van der Waals surface area (Å²) >= 11 is 2.23. The van der Waals surface area contributed by atoms with Crippen LogP contribution in [0.5, 0.6) is 5.75 Å². The number of oxazole rings is 1. The van der Waals surface area contributed by atoms with Crippen LogP contribution in [-0.4, -0.2) is 33.7 Å². The van der Waals surface area contributed by atoms with Gasteiger partial charge in [-0.15, -0.1) is 0 Å². The third kappa shape index (κ3) is 7.61. The molecule has 2 aromatic rings. The molecule has 0 N–H and O–H groups in total. The lowest BCUT2D eigenvalue weighted by molar-refractivity contribution is -0.0461. The Labute approximate surface area is 269 Å². The standard InChI is InChI=1S/C33H52INO5Si2/c1-21-16-17-25-26(27(21)39-41(10,11)32(4,5)6)31(36)38-28(29(25)40-42(12,13)33(7,8)9)23(3)19-24-20-37-30(35-24)22(2)15-14-18-34/h14,16-18,20,22-23,28-29H,15,19H2,1-13H3/b18-14-/t22-,23-,28-,29+/m1/s1. The van der Waals surface area contributed by atoms with Crippen LogP contribution >= 0.6 is 22.6 Å². The predicted octanol–water partition coefficient (Wildman–Crippen LogP) is 10.3. The number of allylic oxidation sites excluding steroid dienone is 1. The van der Waals surface area contributed by atoms with E-state index >= 15 is 0 Å². The molecule has 6 nitrogen and oxygen atoms in total. The van der Waals surface area contributed by atoms with Crippen LogP contribution in [0.3, 0.4) is 0 Å². The van der Waals surface area contributed by atoms with E-state index in [1.54, 1.807) is 6.26 Å². The van der Waals surface area contributed by atoms with Crippen molar-refractivity contribution in [2.45, 2.75) is 130 Å². The molecule has 0 saturated carbocycles. The molecule has 2 heterocycles. The van der Waals surface area contributed by atoms with Gasteiger partial charge in [0.1, 0.15) is 29.8 Å². The molecule has 0 spiro atoms. The molecule has 42 heavy (non-hydrogen) atoms. The van der Waals surface area contributed by atoms with Gasteiger partial charge >= 0.3 is 5.97 Å². The minimum absolute atomic E-state index is 0.0167. The van der Waals surface area contributed by atoms with Crippen molar-refractivity contribution in [1.29, 1.82) is 0 Å². The van der Waals surface area contributed by atoms with E-state index in [1.807, 2.05) is 11.0 Å². The lowest BCUT2D eigenvalue weighted by Crippen LogP contribution is -2.48. The van der Waals surface area contributed by atoms with Gasteiger partial charge in [-0.3, -0.25) is 0 Å². The van der Waals surface area contributed by atoms with Gasteiger partial charge in [-0.05, 0) is 65.7 Å². The maximum absolute atomic E-state index is 13.9. The van der Waals surface area contributed by atoms with Crippen molar-refractivity contribution in [2.24, 2.45) is 5.92 Å². The van der Waals surface area contributed by atoms with E-state index in [2.05, 4.69) is 122 Å². The number of ether oxygens (including phenoxy) is 1. The Morgan fingerprint density at radius 1 is 1.05 bits per heavy atom. The van der Waals surface area contributed by atoms with Crippen LogP contribution in [0, 0.1) is 12.8 Å². The molecule has 0 fully saturated rings. The first kappa shape index (κ1) is 35.0. The number of carbonyl (C=O) groups is 1. The molecule has 0 radical (unpaired) electrons. The van der Waals surface area contributed by atoms with Crippen molar-refractivity contribution in [3.63, 3.8) is 0 Å². The first-order valence-corrected chi connectivity index (χ1v) is 22.2. The zero-order chi connectivity index (χ0) is 31.8. The average Bonchev–Trinajstić information content (AvgIpc) is 3.32. The maximum Gasteiger partial charge on any atom is 0.342 e. The van der Waals surface area contributed by atoms with Gasteiger partial charge in [0.2, 0.25) is 0 Å². The summed E-state index contributed by atoms with van der Waals surface area (Å²) in [7, 11) is -4.49. The van der Waals surface area contributed by atoms with E-state index in [4.69, 9.17) is 23.0 Å². The number of fused-ring (bicyclic) bond motifs is 1. The molecule has 0 bridgehead atoms. The minimum Gasteiger partial charge on any atom is -0.543 e. The van der Waals surface area contributed by atoms with E-state index < -0.39 is 28.8 Å². The molecule has 9 heteroatoms. The Kier molecular flexibility index (Phi) is 10.8. The molecule has 0 unspecified atom stereocenters. The summed E-state index contributed by atoms with van der Waals surface area (Å²) in [6.07, 6.45) is 4.47. The summed E-state index contributed by atoms with van der Waals surface area (Å²) in [4.78, 5) is 18.7. The number of aromatic nitrogens is 1. The number of carbonyl (C=O) groups excluding carboxylic acids is 1. The Bertz CT molecular complexity index is 1290. The van der Waals surface area contributed by atoms with Crippen molar-refractivity contribution in [3.8, 4) is 5.75 Å². The number of rotatable bonds is 10. The molecule has 1 aromatic carbocycles. The quantitative estimate of drug-likeness (QED) is 0.138. The van der Waals surface area contributed by atoms with Crippen LogP contribution in [-0.2, 0) is 15.6 Å². The molecule has 0 amide bonds. The molecule has 234 valence electrons. The molecule has 4 atom stereocenters. The van der Waals surface area contributed by atoms with Gasteiger partial charge in [0.05, 0.1) is 5.69 Å². The van der Waals surface area contributed by atoms with Crippen molar-refractivity contribution in [1.82, 2.24) is 4.98 Å². The highest BCUT2D eigenvalue weighted by Crippen LogP contribution is 2.48. The number of aryl methyl sites for hydroxylation is 1. The number of esters is 1. The van der Waals surface area contributed by atoms with Gasteiger partial charge < -0.3 is 18.0 Å². The summed E-state index contributed by atoms with van der Waals surface area (Å²) in [5.74, 6) is 1.18. The van der Waals surface area contributed by atoms with Gasteiger partial charge in [0.25, 0.3) is 8.32 Å². The molecule has 1 aliphatic rings. The summed E-state index contributed by atoms with van der Waals surface area (Å²) in [6.45, 7) is 28.5. The fourth-order valence-corrected chi connectivity index (χ4v) is 7.22. The lowest BCUT2D eigenvalue weighted by Gasteiger charge is -2.45. The fourth-order valence-electron chi connectivity index (χ4n) is 4.60. The lowest BCUT2D eigenvalue weighted by atomic mass is 9.86. The molecule has 1 aromatic heterocycles. The maximum atomic E-state index is 13.9. The number of hydrogen-bond donors (Lipinski definition) is 0. The van der Waals surface area contributed by atoms with Gasteiger partial charge in [-0.2, -0.15) is 0 Å². The second-order valence-corrected chi connectivity index (χ2v) is 25.3. The van der Waals surface area contributed by atoms with E-state index in [9.17, 15) is 4.79 Å². The summed E-state index contributed by atoms with van der Waals surface area (Å²) in [5.41, 5.74) is 3.19. The summed E-state index contributed by atoms with van der Waals surface area (Å²) < 4.78 is 28.2. The van der Waals surface area contributed by atoms with Gasteiger partial charge in [-0.25, -0.2) is 9.78 Å². The monoisotopic (exact) mass is 725 g/mol. The van der Waals surface area contributed by atoms with E-state index in [0.29, 0.717) is 17.7 Å². The zero-order valence-electron chi connectivity index (χ0n) is 28.0. The van der Waals surface area contributed by atoms with Crippen LogP contribution in [0.25, 0.3) is 0 Å². The Morgan fingerprint density at radius 3 is 2.24 bits per heavy atom. The molecule has 0 saturated heterocycles. The van der Waals surface area contributed by atoms with E-state index in [0.717, 1.165) is 29.1 Å². The minimum atomic E-state index is -2.26. The number of nitrogens with zero attached hydrogens (tertiary/aromatic N) is 1. The van der Waals surface area contributed by atoms with Crippen LogP contribution in [0.4, 0.5) is 0 Å². The Balaban J connectivity index is 2.05. The first-order valence-electron chi connectivity index (χ1n) is 15.1. The zero-order valence-corrected chi connectivity index (χ0v) is 32.1. The molecule has 3 rings (SSSR count). The summed E-state index contributed by atoms with van der Waals surface area (Å²) in [6, 6.07) is 4.12. The van der Waals surface area contributed by atoms with Crippen LogP contribution < -0.4 is 4.43 Å². The highest BCUT2D eigenvalue weighted by Gasteiger charge is 2.48. The van der Waals surface area contributed by atoms with Crippen LogP contribution in [0.2, 0.25) is 36.3 Å². The highest BCUT2D eigenvalue weighted by atomic mass is 127. The molecular weight excluding hydrogens is 673 g/mol. The number of benzene rings is 1. The summed E-state index contributed by atoms with van der Waals surface area (Å²) in [5, 5.41) is -0.0354. The molecule has 0 aliphatic carbocycles. The van der Waals surface area contributed by atoms with Crippen molar-refractivity contribution < 1.29 is 22.8 Å². The third-order valence-electron chi connectivity index (χ3n) is 9.49. The van der Waals surface area contributed by atoms with Gasteiger partial charge in [-0.1, -0.05) is 96.2 Å². The van der Waals surface area contributed by atoms with Gasteiger partial charge in [0.15, 0.2) is 14.2 Å². The third-order valence-corrected chi connectivity index (χ3v) is 18.8. The van der Waals surface area contributed by atoms with Crippen molar-refractivity contribution in [2.75, 3.05) is 0 Å². The van der Waals surface area contributed by atoms with Crippen LogP contribution in [0.15, 0.2) is 33.0 Å². The second kappa shape index (κ2) is 12.9. The number of hydrogen-bond acceptors (Lipinski definition) is 6.